The van der Waals surface area contributed by atoms with E-state index in [1.165, 1.54) is 19.3 Å². The SMILES string of the molecule is COc1cc(/C=C/C(=O)Nc2cccc(N)c2)ccc1O. The Morgan fingerprint density at radius 3 is 2.81 bits per heavy atom. The summed E-state index contributed by atoms with van der Waals surface area (Å²) >= 11 is 0. The Labute approximate surface area is 122 Å². The number of carbonyl (C=O) groups excluding carboxylic acids is 1. The first-order valence-corrected chi connectivity index (χ1v) is 6.30. The summed E-state index contributed by atoms with van der Waals surface area (Å²) in [6.07, 6.45) is 3.03. The van der Waals surface area contributed by atoms with Crippen molar-refractivity contribution in [1.82, 2.24) is 0 Å². The van der Waals surface area contributed by atoms with E-state index in [1.807, 2.05) is 0 Å². The van der Waals surface area contributed by atoms with Crippen molar-refractivity contribution in [3.05, 3.63) is 54.1 Å². The summed E-state index contributed by atoms with van der Waals surface area (Å²) in [4.78, 5) is 11.8. The fourth-order valence-corrected chi connectivity index (χ4v) is 1.77. The fraction of sp³-hybridized carbons (Fsp3) is 0.0625. The van der Waals surface area contributed by atoms with E-state index in [0.29, 0.717) is 17.1 Å². The number of nitrogens with two attached hydrogens (primary N) is 1. The van der Waals surface area contributed by atoms with Crippen molar-refractivity contribution >= 4 is 23.4 Å². The van der Waals surface area contributed by atoms with Crippen LogP contribution in [-0.2, 0) is 4.79 Å². The van der Waals surface area contributed by atoms with Crippen LogP contribution in [0.25, 0.3) is 6.08 Å². The van der Waals surface area contributed by atoms with Crippen LogP contribution in [0.2, 0.25) is 0 Å². The van der Waals surface area contributed by atoms with Gasteiger partial charge >= 0.3 is 0 Å². The van der Waals surface area contributed by atoms with Crippen LogP contribution in [-0.4, -0.2) is 18.1 Å². The Morgan fingerprint density at radius 2 is 2.10 bits per heavy atom. The molecule has 0 saturated carbocycles. The van der Waals surface area contributed by atoms with Crippen LogP contribution >= 0.6 is 0 Å². The van der Waals surface area contributed by atoms with Crippen molar-refractivity contribution in [2.24, 2.45) is 0 Å². The van der Waals surface area contributed by atoms with Crippen LogP contribution in [0.1, 0.15) is 5.56 Å². The number of amides is 1. The van der Waals surface area contributed by atoms with Gasteiger partial charge in [-0.15, -0.1) is 0 Å². The van der Waals surface area contributed by atoms with Crippen LogP contribution in [0.3, 0.4) is 0 Å². The highest BCUT2D eigenvalue weighted by atomic mass is 16.5. The second-order valence-electron chi connectivity index (χ2n) is 4.38. The molecule has 108 valence electrons. The van der Waals surface area contributed by atoms with Gasteiger partial charge in [-0.3, -0.25) is 4.79 Å². The highest BCUT2D eigenvalue weighted by Gasteiger charge is 2.02. The normalized spacial score (nSPS) is 10.5. The first-order chi connectivity index (χ1) is 10.1. The monoisotopic (exact) mass is 284 g/mol. The van der Waals surface area contributed by atoms with E-state index in [2.05, 4.69) is 5.32 Å². The van der Waals surface area contributed by atoms with Crippen LogP contribution in [0.5, 0.6) is 11.5 Å². The van der Waals surface area contributed by atoms with Crippen LogP contribution in [0.4, 0.5) is 11.4 Å². The van der Waals surface area contributed by atoms with Crippen LogP contribution in [0, 0.1) is 0 Å². The van der Waals surface area contributed by atoms with Gasteiger partial charge in [0.2, 0.25) is 5.91 Å². The first kappa shape index (κ1) is 14.5. The van der Waals surface area contributed by atoms with Gasteiger partial charge in [-0.25, -0.2) is 0 Å². The van der Waals surface area contributed by atoms with Gasteiger partial charge in [0, 0.05) is 17.5 Å². The molecule has 4 N–H and O–H groups in total. The van der Waals surface area contributed by atoms with Crippen molar-refractivity contribution in [2.75, 3.05) is 18.2 Å². The predicted octanol–water partition coefficient (Wildman–Crippen LogP) is 2.63. The minimum Gasteiger partial charge on any atom is -0.504 e. The minimum atomic E-state index is -0.271. The lowest BCUT2D eigenvalue weighted by Crippen LogP contribution is -2.07. The molecule has 0 unspecified atom stereocenters. The van der Waals surface area contributed by atoms with E-state index < -0.39 is 0 Å². The summed E-state index contributed by atoms with van der Waals surface area (Å²) in [5.74, 6) is 0.139. The van der Waals surface area contributed by atoms with Crippen LogP contribution in [0.15, 0.2) is 48.5 Å². The maximum absolute atomic E-state index is 11.8. The number of ether oxygens (including phenoxy) is 1. The van der Waals surface area contributed by atoms with Gasteiger partial charge in [0.05, 0.1) is 7.11 Å². The molecule has 1 amide bonds. The van der Waals surface area contributed by atoms with Crippen molar-refractivity contribution in [3.8, 4) is 11.5 Å². The summed E-state index contributed by atoms with van der Waals surface area (Å²) in [5, 5.41) is 12.2. The number of hydrogen-bond acceptors (Lipinski definition) is 4. The van der Waals surface area contributed by atoms with E-state index in [0.717, 1.165) is 5.56 Å². The van der Waals surface area contributed by atoms with Crippen molar-refractivity contribution in [1.29, 1.82) is 0 Å². The summed E-state index contributed by atoms with van der Waals surface area (Å²) in [6, 6.07) is 11.8. The number of aromatic hydroxyl groups is 1. The third-order valence-corrected chi connectivity index (χ3v) is 2.79. The molecule has 21 heavy (non-hydrogen) atoms. The fourth-order valence-electron chi connectivity index (χ4n) is 1.77. The zero-order valence-electron chi connectivity index (χ0n) is 11.5. The summed E-state index contributed by atoms with van der Waals surface area (Å²) in [7, 11) is 1.47. The van der Waals surface area contributed by atoms with E-state index >= 15 is 0 Å². The quantitative estimate of drug-likeness (QED) is 0.595. The smallest absolute Gasteiger partial charge is 0.248 e. The number of nitrogens with one attached hydrogen (secondary N) is 1. The highest BCUT2D eigenvalue weighted by molar-refractivity contribution is 6.02. The lowest BCUT2D eigenvalue weighted by Gasteiger charge is -2.04. The molecule has 0 aromatic heterocycles. The molecule has 0 radical (unpaired) electrons. The number of carbonyl (C=O) groups is 1. The Kier molecular flexibility index (Phi) is 4.46. The third kappa shape index (κ3) is 4.01. The van der Waals surface area contributed by atoms with E-state index in [4.69, 9.17) is 10.5 Å². The molecule has 2 aromatic carbocycles. The van der Waals surface area contributed by atoms with Gasteiger partial charge in [0.15, 0.2) is 11.5 Å². The molecule has 2 aromatic rings. The molecule has 0 aliphatic carbocycles. The molecule has 2 rings (SSSR count). The average molecular weight is 284 g/mol. The number of anilines is 2. The van der Waals surface area contributed by atoms with Gasteiger partial charge in [0.25, 0.3) is 0 Å². The molecule has 5 nitrogen and oxygen atoms in total. The number of hydrogen-bond donors (Lipinski definition) is 3. The van der Waals surface area contributed by atoms with Crippen molar-refractivity contribution < 1.29 is 14.6 Å². The molecule has 0 bridgehead atoms. The maximum Gasteiger partial charge on any atom is 0.248 e. The topological polar surface area (TPSA) is 84.6 Å². The number of methoxy groups -OCH3 is 1. The molecule has 0 spiro atoms. The summed E-state index contributed by atoms with van der Waals surface area (Å²) in [5.41, 5.74) is 7.60. The first-order valence-electron chi connectivity index (χ1n) is 6.30. The molecule has 0 atom stereocenters. The Balaban J connectivity index is 2.05. The second kappa shape index (κ2) is 6.47. The number of phenols is 1. The zero-order chi connectivity index (χ0) is 15.2. The minimum absolute atomic E-state index is 0.0545. The molecular formula is C16H16N2O3. The van der Waals surface area contributed by atoms with Crippen molar-refractivity contribution in [3.63, 3.8) is 0 Å². The number of rotatable bonds is 4. The maximum atomic E-state index is 11.8. The lowest BCUT2D eigenvalue weighted by atomic mass is 10.2. The van der Waals surface area contributed by atoms with Gasteiger partial charge in [0.1, 0.15) is 0 Å². The molecule has 0 aliphatic rings. The standard InChI is InChI=1S/C16H16N2O3/c1-21-15-9-11(5-7-14(15)19)6-8-16(20)18-13-4-2-3-12(17)10-13/h2-10,19H,17H2,1H3,(H,18,20)/b8-6+. The zero-order valence-corrected chi connectivity index (χ0v) is 11.5. The largest absolute Gasteiger partial charge is 0.504 e. The van der Waals surface area contributed by atoms with E-state index in [9.17, 15) is 9.90 Å². The molecule has 5 heteroatoms. The summed E-state index contributed by atoms with van der Waals surface area (Å²) in [6.45, 7) is 0. The molecular weight excluding hydrogens is 268 g/mol. The second-order valence-corrected chi connectivity index (χ2v) is 4.38. The number of benzene rings is 2. The van der Waals surface area contributed by atoms with Gasteiger partial charge < -0.3 is 20.9 Å². The lowest BCUT2D eigenvalue weighted by molar-refractivity contribution is -0.111. The Hall–Kier alpha value is -2.95. The van der Waals surface area contributed by atoms with Gasteiger partial charge in [-0.1, -0.05) is 12.1 Å². The van der Waals surface area contributed by atoms with Gasteiger partial charge in [-0.2, -0.15) is 0 Å². The number of phenolic OH excluding ortho intramolecular Hbond substituents is 1. The Bertz CT molecular complexity index is 681. The average Bonchev–Trinajstić information content (AvgIpc) is 2.46. The highest BCUT2D eigenvalue weighted by Crippen LogP contribution is 2.26. The van der Waals surface area contributed by atoms with E-state index in [1.54, 1.807) is 42.5 Å². The van der Waals surface area contributed by atoms with Crippen LogP contribution < -0.4 is 15.8 Å². The van der Waals surface area contributed by atoms with E-state index in [-0.39, 0.29) is 11.7 Å². The van der Waals surface area contributed by atoms with Gasteiger partial charge in [-0.05, 0) is 42.0 Å². The van der Waals surface area contributed by atoms with Crippen molar-refractivity contribution in [2.45, 2.75) is 0 Å². The molecule has 0 fully saturated rings. The predicted molar refractivity (Wildman–Crippen MR) is 83.2 cm³/mol. The third-order valence-electron chi connectivity index (χ3n) is 2.79. The number of nitrogen functional groups attached to an aromatic ring is 1. The molecule has 0 aliphatic heterocycles. The molecule has 0 saturated heterocycles. The molecule has 0 heterocycles. The Morgan fingerprint density at radius 1 is 1.29 bits per heavy atom. The summed E-state index contributed by atoms with van der Waals surface area (Å²) < 4.78 is 5.00.